The van der Waals surface area contributed by atoms with Gasteiger partial charge in [0.1, 0.15) is 6.10 Å². The van der Waals surface area contributed by atoms with Crippen LogP contribution in [0.5, 0.6) is 0 Å². The van der Waals surface area contributed by atoms with Gasteiger partial charge in [-0.25, -0.2) is 0 Å². The van der Waals surface area contributed by atoms with Crippen molar-refractivity contribution in [3.05, 3.63) is 6.92 Å². The summed E-state index contributed by atoms with van der Waals surface area (Å²) in [6.45, 7) is 8.37. The van der Waals surface area contributed by atoms with Gasteiger partial charge < -0.3 is 9.47 Å². The van der Waals surface area contributed by atoms with Crippen molar-refractivity contribution < 1.29 is 14.3 Å². The number of rotatable bonds is 11. The van der Waals surface area contributed by atoms with Crippen LogP contribution in [0.2, 0.25) is 0 Å². The molecule has 2 atom stereocenters. The fourth-order valence-electron chi connectivity index (χ4n) is 1.69. The van der Waals surface area contributed by atoms with Gasteiger partial charge in [-0.15, -0.1) is 6.42 Å². The molecule has 3 heteroatoms. The van der Waals surface area contributed by atoms with Crippen LogP contribution in [0.25, 0.3) is 0 Å². The molecule has 0 saturated carbocycles. The molecule has 0 aromatic heterocycles. The number of unbranched alkanes of at least 4 members (excludes halogenated alkanes) is 2. The zero-order valence-corrected chi connectivity index (χ0v) is 12.3. The van der Waals surface area contributed by atoms with Gasteiger partial charge in [0.15, 0.2) is 0 Å². The molecule has 3 nitrogen and oxygen atoms in total. The van der Waals surface area contributed by atoms with E-state index in [4.69, 9.17) is 15.9 Å². The highest BCUT2D eigenvalue weighted by atomic mass is 16.5. The Morgan fingerprint density at radius 3 is 2.68 bits per heavy atom. The Morgan fingerprint density at radius 2 is 2.11 bits per heavy atom. The molecule has 2 unspecified atom stereocenters. The Bertz CT molecular complexity index is 268. The molecule has 0 saturated heterocycles. The highest BCUT2D eigenvalue weighted by molar-refractivity contribution is 5.69. The molecule has 0 aromatic carbocycles. The van der Waals surface area contributed by atoms with Crippen LogP contribution < -0.4 is 0 Å². The smallest absolute Gasteiger partial charge is 0.305 e. The van der Waals surface area contributed by atoms with Crippen molar-refractivity contribution in [3.63, 3.8) is 0 Å². The van der Waals surface area contributed by atoms with Crippen molar-refractivity contribution in [1.29, 1.82) is 0 Å². The van der Waals surface area contributed by atoms with Gasteiger partial charge in [-0.05, 0) is 26.2 Å². The van der Waals surface area contributed by atoms with Crippen LogP contribution >= 0.6 is 0 Å². The number of esters is 1. The molecule has 0 aliphatic heterocycles. The minimum absolute atomic E-state index is 0.0825. The molecule has 19 heavy (non-hydrogen) atoms. The first-order valence-electron chi connectivity index (χ1n) is 7.20. The summed E-state index contributed by atoms with van der Waals surface area (Å²) >= 11 is 0. The largest absolute Gasteiger partial charge is 0.466 e. The van der Waals surface area contributed by atoms with Gasteiger partial charge in [0.05, 0.1) is 12.7 Å². The Morgan fingerprint density at radius 1 is 1.37 bits per heavy atom. The molecule has 0 aliphatic rings. The number of carbonyl (C=O) groups excluding carboxylic acids is 1. The third kappa shape index (κ3) is 10.6. The van der Waals surface area contributed by atoms with Crippen LogP contribution in [-0.4, -0.2) is 24.8 Å². The molecule has 1 radical (unpaired) electrons. The lowest BCUT2D eigenvalue weighted by Gasteiger charge is -2.17. The Labute approximate surface area is 118 Å². The van der Waals surface area contributed by atoms with Crippen molar-refractivity contribution >= 4 is 5.97 Å². The van der Waals surface area contributed by atoms with Crippen LogP contribution in [0.4, 0.5) is 0 Å². The molecule has 0 N–H and O–H groups in total. The summed E-state index contributed by atoms with van der Waals surface area (Å²) in [4.78, 5) is 11.5. The Kier molecular flexibility index (Phi) is 11.4. The van der Waals surface area contributed by atoms with Gasteiger partial charge in [0.25, 0.3) is 0 Å². The van der Waals surface area contributed by atoms with Gasteiger partial charge in [-0.1, -0.05) is 39.0 Å². The first kappa shape index (κ1) is 18.0. The zero-order chi connectivity index (χ0) is 14.5. The van der Waals surface area contributed by atoms with Gasteiger partial charge in [0, 0.05) is 6.42 Å². The average molecular weight is 267 g/mol. The predicted octanol–water partition coefficient (Wildman–Crippen LogP) is 3.52. The van der Waals surface area contributed by atoms with Crippen molar-refractivity contribution in [3.8, 4) is 12.3 Å². The van der Waals surface area contributed by atoms with E-state index in [2.05, 4.69) is 19.8 Å². The third-order valence-corrected chi connectivity index (χ3v) is 2.81. The second-order valence-corrected chi connectivity index (χ2v) is 4.71. The van der Waals surface area contributed by atoms with E-state index in [0.29, 0.717) is 19.4 Å². The molecular formula is C16H27O3. The van der Waals surface area contributed by atoms with Gasteiger partial charge in [-0.2, -0.15) is 0 Å². The average Bonchev–Trinajstić information content (AvgIpc) is 2.39. The van der Waals surface area contributed by atoms with E-state index < -0.39 is 0 Å². The maximum atomic E-state index is 11.5. The summed E-state index contributed by atoms with van der Waals surface area (Å²) in [6, 6.07) is 0. The molecule has 109 valence electrons. The van der Waals surface area contributed by atoms with Crippen LogP contribution in [0, 0.1) is 19.3 Å². The lowest BCUT2D eigenvalue weighted by atomic mass is 10.2. The monoisotopic (exact) mass is 267 g/mol. The lowest BCUT2D eigenvalue weighted by Crippen LogP contribution is -2.20. The number of terminal acetylenes is 1. The molecule has 0 amide bonds. The first-order valence-corrected chi connectivity index (χ1v) is 7.20. The lowest BCUT2D eigenvalue weighted by molar-refractivity contribution is -0.144. The van der Waals surface area contributed by atoms with Crippen molar-refractivity contribution in [2.24, 2.45) is 0 Å². The van der Waals surface area contributed by atoms with Crippen molar-refractivity contribution in [1.82, 2.24) is 0 Å². The first-order chi connectivity index (χ1) is 9.13. The van der Waals surface area contributed by atoms with E-state index in [-0.39, 0.29) is 18.2 Å². The van der Waals surface area contributed by atoms with Crippen LogP contribution in [0.15, 0.2) is 0 Å². The normalized spacial score (nSPS) is 13.6. The van der Waals surface area contributed by atoms with Gasteiger partial charge >= 0.3 is 5.97 Å². The minimum atomic E-state index is -0.315. The molecule has 0 fully saturated rings. The highest BCUT2D eigenvalue weighted by Crippen LogP contribution is 2.09. The fourth-order valence-corrected chi connectivity index (χ4v) is 1.69. The second-order valence-electron chi connectivity index (χ2n) is 4.71. The van der Waals surface area contributed by atoms with Crippen molar-refractivity contribution in [2.75, 3.05) is 6.61 Å². The van der Waals surface area contributed by atoms with E-state index in [1.807, 2.05) is 6.92 Å². The van der Waals surface area contributed by atoms with E-state index in [0.717, 1.165) is 32.1 Å². The quantitative estimate of drug-likeness (QED) is 0.326. The van der Waals surface area contributed by atoms with Gasteiger partial charge in [0.2, 0.25) is 0 Å². The third-order valence-electron chi connectivity index (χ3n) is 2.81. The summed E-state index contributed by atoms with van der Waals surface area (Å²) < 4.78 is 10.8. The summed E-state index contributed by atoms with van der Waals surface area (Å²) in [7, 11) is 0. The molecule has 0 rings (SSSR count). The molecule has 0 heterocycles. The second kappa shape index (κ2) is 12.0. The van der Waals surface area contributed by atoms with E-state index >= 15 is 0 Å². The van der Waals surface area contributed by atoms with E-state index in [1.54, 1.807) is 0 Å². The molecule has 0 aliphatic carbocycles. The van der Waals surface area contributed by atoms with E-state index in [1.165, 1.54) is 0 Å². The van der Waals surface area contributed by atoms with Crippen LogP contribution in [0.1, 0.15) is 58.8 Å². The van der Waals surface area contributed by atoms with Gasteiger partial charge in [-0.3, -0.25) is 4.79 Å². The minimum Gasteiger partial charge on any atom is -0.466 e. The van der Waals surface area contributed by atoms with Crippen molar-refractivity contribution in [2.45, 2.75) is 71.0 Å². The molecular weight excluding hydrogens is 240 g/mol. The topological polar surface area (TPSA) is 35.5 Å². The predicted molar refractivity (Wildman–Crippen MR) is 77.5 cm³/mol. The number of ether oxygens (including phenoxy) is 2. The highest BCUT2D eigenvalue weighted by Gasteiger charge is 2.13. The summed E-state index contributed by atoms with van der Waals surface area (Å²) in [5, 5.41) is 0. The number of carbonyl (C=O) groups is 1. The number of hydrogen-bond donors (Lipinski definition) is 0. The van der Waals surface area contributed by atoms with Crippen LogP contribution in [0.3, 0.4) is 0 Å². The van der Waals surface area contributed by atoms with E-state index in [9.17, 15) is 4.79 Å². The molecule has 0 aromatic rings. The summed E-state index contributed by atoms with van der Waals surface area (Å²) in [5.74, 6) is 2.38. The standard InChI is InChI=1S/C16H27O3/c1-5-8-9-13-18-16(17)12-11-15(7-3)19-14(4)10-6-2/h3,14-15H,2,5-6,8-13H2,1,4H3. The maximum absolute atomic E-state index is 11.5. The fraction of sp³-hybridized carbons (Fsp3) is 0.750. The maximum Gasteiger partial charge on any atom is 0.305 e. The zero-order valence-electron chi connectivity index (χ0n) is 12.3. The number of hydrogen-bond acceptors (Lipinski definition) is 3. The Balaban J connectivity index is 3.75. The summed E-state index contributed by atoms with van der Waals surface area (Å²) in [5.41, 5.74) is 0. The molecule has 0 bridgehead atoms. The summed E-state index contributed by atoms with van der Waals surface area (Å²) in [6.07, 6.45) is 10.8. The molecule has 0 spiro atoms. The SMILES string of the molecule is C#CC(CCC(=O)OCCCCC)OC(C)CC[CH2]. The Hall–Kier alpha value is -1.01. The van der Waals surface area contributed by atoms with Crippen LogP contribution in [-0.2, 0) is 14.3 Å².